The fourth-order valence-corrected chi connectivity index (χ4v) is 1.38. The predicted molar refractivity (Wildman–Crippen MR) is 61.4 cm³/mol. The van der Waals surface area contributed by atoms with E-state index in [0.717, 1.165) is 0 Å². The largest absolute Gasteiger partial charge is 0.458 e. The van der Waals surface area contributed by atoms with Gasteiger partial charge < -0.3 is 10.5 Å². The molecule has 0 saturated carbocycles. The molecule has 0 unspecified atom stereocenters. The van der Waals surface area contributed by atoms with Gasteiger partial charge in [0.25, 0.3) is 0 Å². The summed E-state index contributed by atoms with van der Waals surface area (Å²) in [7, 11) is 0. The Kier molecular flexibility index (Phi) is 6.76. The number of rotatable bonds is 6. The Balaban J connectivity index is 4.14. The van der Waals surface area contributed by atoms with Gasteiger partial charge in [-0.1, -0.05) is 15.9 Å². The van der Waals surface area contributed by atoms with Crippen LogP contribution in [0.3, 0.4) is 0 Å². The van der Waals surface area contributed by atoms with Gasteiger partial charge in [-0.05, 0) is 25.8 Å². The molecule has 5 heteroatoms. The summed E-state index contributed by atoms with van der Waals surface area (Å²) < 4.78 is 17.4. The lowest BCUT2D eigenvalue weighted by Gasteiger charge is -2.23. The monoisotopic (exact) mass is 281 g/mol. The third-order valence-electron chi connectivity index (χ3n) is 1.82. The molecule has 0 aliphatic rings. The van der Waals surface area contributed by atoms with Crippen LogP contribution in [0, 0.1) is 0 Å². The van der Waals surface area contributed by atoms with Crippen molar-refractivity contribution < 1.29 is 13.9 Å². The van der Waals surface area contributed by atoms with E-state index in [1.54, 1.807) is 13.8 Å². The second kappa shape index (κ2) is 6.95. The zero-order chi connectivity index (χ0) is 11.9. The zero-order valence-electron chi connectivity index (χ0n) is 9.06. The fraction of sp³-hybridized carbons (Fsp3) is 0.700. The van der Waals surface area contributed by atoms with Crippen LogP contribution in [0.15, 0.2) is 11.9 Å². The quantitative estimate of drug-likeness (QED) is 0.600. The van der Waals surface area contributed by atoms with Crippen molar-refractivity contribution in [1.82, 2.24) is 0 Å². The molecule has 0 heterocycles. The van der Waals surface area contributed by atoms with Gasteiger partial charge in [-0.25, -0.2) is 4.39 Å². The predicted octanol–water partition coefficient (Wildman–Crippen LogP) is 2.30. The first kappa shape index (κ1) is 14.6. The Morgan fingerprint density at radius 1 is 1.60 bits per heavy atom. The van der Waals surface area contributed by atoms with E-state index in [-0.39, 0.29) is 13.0 Å². The standard InChI is InChI=1S/C10H17BrFNO2/c1-10(2,7-13)15-9(14)5-8(6-12)3-4-11/h6H,3-5,7,13H2,1-2H3. The number of nitrogens with two attached hydrogens (primary N) is 1. The van der Waals surface area contributed by atoms with Crippen molar-refractivity contribution in [2.24, 2.45) is 5.73 Å². The summed E-state index contributed by atoms with van der Waals surface area (Å²) in [4.78, 5) is 11.4. The summed E-state index contributed by atoms with van der Waals surface area (Å²) >= 11 is 3.18. The SMILES string of the molecule is CC(C)(CN)OC(=O)CC(=CF)CCBr. The maximum atomic E-state index is 12.3. The first-order valence-electron chi connectivity index (χ1n) is 4.71. The summed E-state index contributed by atoms with van der Waals surface area (Å²) in [6.07, 6.45) is 0.929. The number of carbonyl (C=O) groups excluding carboxylic acids is 1. The van der Waals surface area contributed by atoms with E-state index in [2.05, 4.69) is 15.9 Å². The fourth-order valence-electron chi connectivity index (χ4n) is 0.874. The Hall–Kier alpha value is -0.420. The zero-order valence-corrected chi connectivity index (χ0v) is 10.6. The van der Waals surface area contributed by atoms with Crippen LogP contribution in [0.2, 0.25) is 0 Å². The normalized spacial score (nSPS) is 12.7. The molecule has 3 nitrogen and oxygen atoms in total. The summed E-state index contributed by atoms with van der Waals surface area (Å²) in [6, 6.07) is 0. The minimum absolute atomic E-state index is 0.0223. The first-order valence-corrected chi connectivity index (χ1v) is 5.83. The van der Waals surface area contributed by atoms with Gasteiger partial charge in [-0.15, -0.1) is 0 Å². The van der Waals surface area contributed by atoms with Crippen molar-refractivity contribution in [3.63, 3.8) is 0 Å². The topological polar surface area (TPSA) is 52.3 Å². The summed E-state index contributed by atoms with van der Waals surface area (Å²) in [5.74, 6) is -0.449. The molecule has 0 aliphatic carbocycles. The second-order valence-electron chi connectivity index (χ2n) is 3.82. The highest BCUT2D eigenvalue weighted by Crippen LogP contribution is 2.14. The van der Waals surface area contributed by atoms with E-state index < -0.39 is 11.6 Å². The second-order valence-corrected chi connectivity index (χ2v) is 4.61. The molecule has 0 aromatic carbocycles. The van der Waals surface area contributed by atoms with Crippen LogP contribution in [0.4, 0.5) is 4.39 Å². The third kappa shape index (κ3) is 6.62. The first-order chi connectivity index (χ1) is 6.95. The van der Waals surface area contributed by atoms with Crippen LogP contribution in [-0.2, 0) is 9.53 Å². The van der Waals surface area contributed by atoms with Crippen molar-refractivity contribution in [2.45, 2.75) is 32.3 Å². The third-order valence-corrected chi connectivity index (χ3v) is 2.22. The van der Waals surface area contributed by atoms with Crippen LogP contribution in [0.5, 0.6) is 0 Å². The number of alkyl halides is 1. The molecule has 0 fully saturated rings. The molecule has 0 atom stereocenters. The molecule has 0 radical (unpaired) electrons. The lowest BCUT2D eigenvalue weighted by molar-refractivity contribution is -0.154. The smallest absolute Gasteiger partial charge is 0.310 e. The minimum Gasteiger partial charge on any atom is -0.458 e. The van der Waals surface area contributed by atoms with Crippen molar-refractivity contribution >= 4 is 21.9 Å². The maximum absolute atomic E-state index is 12.3. The Labute approximate surface area is 98.0 Å². The summed E-state index contributed by atoms with van der Waals surface area (Å²) in [5, 5.41) is 0.621. The van der Waals surface area contributed by atoms with Crippen molar-refractivity contribution in [3.8, 4) is 0 Å². The Morgan fingerprint density at radius 3 is 2.60 bits per heavy atom. The Morgan fingerprint density at radius 2 is 2.20 bits per heavy atom. The molecule has 0 amide bonds. The van der Waals surface area contributed by atoms with Gasteiger partial charge in [-0.3, -0.25) is 4.79 Å². The van der Waals surface area contributed by atoms with E-state index >= 15 is 0 Å². The molecule has 0 aliphatic heterocycles. The summed E-state index contributed by atoms with van der Waals surface area (Å²) in [6.45, 7) is 3.67. The molecule has 0 bridgehead atoms. The molecule has 2 N–H and O–H groups in total. The lowest BCUT2D eigenvalue weighted by Crippen LogP contribution is -2.36. The van der Waals surface area contributed by atoms with Gasteiger partial charge in [0.2, 0.25) is 0 Å². The Bertz CT molecular complexity index is 242. The molecule has 15 heavy (non-hydrogen) atoms. The van der Waals surface area contributed by atoms with Gasteiger partial charge in [-0.2, -0.15) is 0 Å². The van der Waals surface area contributed by atoms with E-state index in [1.165, 1.54) is 0 Å². The van der Waals surface area contributed by atoms with E-state index in [1.807, 2.05) is 0 Å². The van der Waals surface area contributed by atoms with Crippen molar-refractivity contribution in [1.29, 1.82) is 0 Å². The van der Waals surface area contributed by atoms with Gasteiger partial charge in [0.1, 0.15) is 5.60 Å². The highest BCUT2D eigenvalue weighted by Gasteiger charge is 2.21. The van der Waals surface area contributed by atoms with Crippen LogP contribution in [0.1, 0.15) is 26.7 Å². The van der Waals surface area contributed by atoms with Crippen LogP contribution >= 0.6 is 15.9 Å². The highest BCUT2D eigenvalue weighted by atomic mass is 79.9. The molecule has 0 saturated heterocycles. The van der Waals surface area contributed by atoms with Crippen LogP contribution < -0.4 is 5.73 Å². The molecule has 88 valence electrons. The van der Waals surface area contributed by atoms with Crippen molar-refractivity contribution in [2.75, 3.05) is 11.9 Å². The number of halogens is 2. The number of carbonyl (C=O) groups is 1. The van der Waals surface area contributed by atoms with E-state index in [4.69, 9.17) is 10.5 Å². The van der Waals surface area contributed by atoms with Crippen LogP contribution in [0.25, 0.3) is 0 Å². The minimum atomic E-state index is -0.688. The maximum Gasteiger partial charge on any atom is 0.310 e. The van der Waals surface area contributed by atoms with Crippen LogP contribution in [-0.4, -0.2) is 23.4 Å². The van der Waals surface area contributed by atoms with Gasteiger partial charge in [0, 0.05) is 11.9 Å². The number of ether oxygens (including phenoxy) is 1. The highest BCUT2D eigenvalue weighted by molar-refractivity contribution is 9.09. The molecule has 0 rings (SSSR count). The molecule has 0 aromatic heterocycles. The average Bonchev–Trinajstić information content (AvgIpc) is 2.16. The number of esters is 1. The van der Waals surface area contributed by atoms with Gasteiger partial charge >= 0.3 is 5.97 Å². The van der Waals surface area contributed by atoms with Gasteiger partial charge in [0.15, 0.2) is 0 Å². The molecular weight excluding hydrogens is 265 g/mol. The molecule has 0 aromatic rings. The molecular formula is C10H17BrFNO2. The van der Waals surface area contributed by atoms with E-state index in [0.29, 0.717) is 23.7 Å². The number of hydrogen-bond acceptors (Lipinski definition) is 3. The van der Waals surface area contributed by atoms with Crippen molar-refractivity contribution in [3.05, 3.63) is 11.9 Å². The number of hydrogen-bond donors (Lipinski definition) is 1. The average molecular weight is 282 g/mol. The summed E-state index contributed by atoms with van der Waals surface area (Å²) in [5.41, 5.74) is 5.14. The van der Waals surface area contributed by atoms with E-state index in [9.17, 15) is 9.18 Å². The lowest BCUT2D eigenvalue weighted by atomic mass is 10.1. The van der Waals surface area contributed by atoms with Gasteiger partial charge in [0.05, 0.1) is 12.8 Å². The molecule has 0 spiro atoms.